The highest BCUT2D eigenvalue weighted by atomic mass is 28.3. The van der Waals surface area contributed by atoms with Crippen LogP contribution in [0.3, 0.4) is 0 Å². The Hall–Kier alpha value is -1.33. The van der Waals surface area contributed by atoms with E-state index in [1.807, 2.05) is 0 Å². The Kier molecular flexibility index (Phi) is 5.56. The zero-order chi connectivity index (χ0) is 14.5. The number of aromatic hydroxyl groups is 1. The summed E-state index contributed by atoms with van der Waals surface area (Å²) in [6.07, 6.45) is 0. The first kappa shape index (κ1) is 15.7. The van der Waals surface area contributed by atoms with Crippen molar-refractivity contribution < 1.29 is 19.4 Å². The molecule has 4 nitrogen and oxygen atoms in total. The molecular formula is C14H22O4Si. The third kappa shape index (κ3) is 5.44. The highest BCUT2D eigenvalue weighted by Crippen LogP contribution is 2.20. The molecule has 1 N–H and O–H groups in total. The molecule has 0 aliphatic carbocycles. The van der Waals surface area contributed by atoms with Crippen molar-refractivity contribution in [3.8, 4) is 5.75 Å². The van der Waals surface area contributed by atoms with Crippen LogP contribution in [-0.2, 0) is 16.1 Å². The lowest BCUT2D eigenvalue weighted by Gasteiger charge is -2.15. The van der Waals surface area contributed by atoms with E-state index in [0.717, 1.165) is 6.04 Å². The molecule has 0 radical (unpaired) electrons. The molecule has 0 aliphatic rings. The molecule has 0 amide bonds. The largest absolute Gasteiger partial charge is 0.508 e. The molecule has 106 valence electrons. The number of rotatable bonds is 6. The zero-order valence-corrected chi connectivity index (χ0v) is 13.0. The van der Waals surface area contributed by atoms with Crippen molar-refractivity contribution in [3.63, 3.8) is 0 Å². The molecule has 0 saturated carbocycles. The number of carbonyl (C=O) groups is 1. The molecule has 1 aromatic rings. The highest BCUT2D eigenvalue weighted by molar-refractivity contribution is 6.76. The summed E-state index contributed by atoms with van der Waals surface area (Å²) < 4.78 is 10.2. The van der Waals surface area contributed by atoms with Crippen LogP contribution in [0.1, 0.15) is 15.9 Å². The Morgan fingerprint density at radius 3 is 2.58 bits per heavy atom. The summed E-state index contributed by atoms with van der Waals surface area (Å²) >= 11 is 0. The van der Waals surface area contributed by atoms with E-state index in [1.165, 1.54) is 19.2 Å². The van der Waals surface area contributed by atoms with Crippen LogP contribution in [0.25, 0.3) is 0 Å². The Morgan fingerprint density at radius 2 is 2.00 bits per heavy atom. The quantitative estimate of drug-likeness (QED) is 0.495. The predicted molar refractivity (Wildman–Crippen MR) is 77.3 cm³/mol. The second-order valence-electron chi connectivity index (χ2n) is 5.70. The SMILES string of the molecule is COC(=O)c1ccc(O)c(COCC[Si](C)(C)C)c1. The van der Waals surface area contributed by atoms with Crippen LogP contribution in [0.4, 0.5) is 0 Å². The summed E-state index contributed by atoms with van der Waals surface area (Å²) in [4.78, 5) is 11.4. The van der Waals surface area contributed by atoms with Crippen molar-refractivity contribution in [2.24, 2.45) is 0 Å². The summed E-state index contributed by atoms with van der Waals surface area (Å²) in [5, 5.41) is 9.73. The minimum Gasteiger partial charge on any atom is -0.508 e. The number of phenols is 1. The Balaban J connectivity index is 2.60. The average molecular weight is 282 g/mol. The number of phenolic OH excluding ortho intramolecular Hbond substituents is 1. The molecule has 19 heavy (non-hydrogen) atoms. The third-order valence-corrected chi connectivity index (χ3v) is 4.46. The fourth-order valence-corrected chi connectivity index (χ4v) is 2.26. The molecular weight excluding hydrogens is 260 g/mol. The minimum absolute atomic E-state index is 0.139. The summed E-state index contributed by atoms with van der Waals surface area (Å²) in [6, 6.07) is 5.70. The third-order valence-electron chi connectivity index (χ3n) is 2.75. The van der Waals surface area contributed by atoms with Crippen LogP contribution in [0.2, 0.25) is 25.7 Å². The van der Waals surface area contributed by atoms with Gasteiger partial charge in [-0.2, -0.15) is 0 Å². The maximum Gasteiger partial charge on any atom is 0.337 e. The molecule has 1 aromatic carbocycles. The lowest BCUT2D eigenvalue weighted by molar-refractivity contribution is 0.0600. The lowest BCUT2D eigenvalue weighted by atomic mass is 10.1. The van der Waals surface area contributed by atoms with E-state index < -0.39 is 14.0 Å². The summed E-state index contributed by atoms with van der Waals surface area (Å²) in [6.45, 7) is 7.84. The van der Waals surface area contributed by atoms with E-state index in [4.69, 9.17) is 4.74 Å². The molecule has 0 fully saturated rings. The van der Waals surface area contributed by atoms with Gasteiger partial charge in [-0.15, -0.1) is 0 Å². The van der Waals surface area contributed by atoms with E-state index in [0.29, 0.717) is 24.3 Å². The molecule has 5 heteroatoms. The van der Waals surface area contributed by atoms with Gasteiger partial charge in [0.25, 0.3) is 0 Å². The maximum atomic E-state index is 11.4. The lowest BCUT2D eigenvalue weighted by Crippen LogP contribution is -2.21. The van der Waals surface area contributed by atoms with E-state index >= 15 is 0 Å². The monoisotopic (exact) mass is 282 g/mol. The van der Waals surface area contributed by atoms with Crippen molar-refractivity contribution in [1.29, 1.82) is 0 Å². The van der Waals surface area contributed by atoms with Gasteiger partial charge in [-0.25, -0.2) is 4.79 Å². The molecule has 0 saturated heterocycles. The molecule has 1 rings (SSSR count). The maximum absolute atomic E-state index is 11.4. The molecule has 0 spiro atoms. The first-order valence-electron chi connectivity index (χ1n) is 6.31. The van der Waals surface area contributed by atoms with Crippen LogP contribution in [0.15, 0.2) is 18.2 Å². The summed E-state index contributed by atoms with van der Waals surface area (Å²) in [7, 11) is 0.227. The normalized spacial score (nSPS) is 11.4. The Morgan fingerprint density at radius 1 is 1.32 bits per heavy atom. The van der Waals surface area contributed by atoms with E-state index in [-0.39, 0.29) is 5.75 Å². The van der Waals surface area contributed by atoms with E-state index in [2.05, 4.69) is 24.4 Å². The van der Waals surface area contributed by atoms with Gasteiger partial charge in [0.2, 0.25) is 0 Å². The molecule has 0 aliphatic heterocycles. The number of carbonyl (C=O) groups excluding carboxylic acids is 1. The fraction of sp³-hybridized carbons (Fsp3) is 0.500. The second-order valence-corrected chi connectivity index (χ2v) is 11.3. The topological polar surface area (TPSA) is 55.8 Å². The second kappa shape index (κ2) is 6.72. The van der Waals surface area contributed by atoms with Gasteiger partial charge in [0.1, 0.15) is 5.75 Å². The average Bonchev–Trinajstić information content (AvgIpc) is 2.34. The van der Waals surface area contributed by atoms with Gasteiger partial charge in [-0.3, -0.25) is 0 Å². The van der Waals surface area contributed by atoms with Crippen LogP contribution >= 0.6 is 0 Å². The van der Waals surface area contributed by atoms with Gasteiger partial charge in [0.15, 0.2) is 0 Å². The highest BCUT2D eigenvalue weighted by Gasteiger charge is 2.13. The number of esters is 1. The Bertz CT molecular complexity index is 438. The number of hydrogen-bond donors (Lipinski definition) is 1. The summed E-state index contributed by atoms with van der Waals surface area (Å²) in [5.41, 5.74) is 1.03. The first-order valence-corrected chi connectivity index (χ1v) is 10.0. The number of methoxy groups -OCH3 is 1. The number of hydrogen-bond acceptors (Lipinski definition) is 4. The molecule has 0 heterocycles. The fourth-order valence-electron chi connectivity index (χ4n) is 1.51. The van der Waals surface area contributed by atoms with E-state index in [1.54, 1.807) is 6.07 Å². The van der Waals surface area contributed by atoms with Gasteiger partial charge in [-0.05, 0) is 24.2 Å². The Labute approximate surface area is 115 Å². The van der Waals surface area contributed by atoms with Gasteiger partial charge >= 0.3 is 5.97 Å². The van der Waals surface area contributed by atoms with Crippen molar-refractivity contribution in [1.82, 2.24) is 0 Å². The summed E-state index contributed by atoms with van der Waals surface area (Å²) in [5.74, 6) is -0.274. The van der Waals surface area contributed by atoms with Crippen LogP contribution in [0.5, 0.6) is 5.75 Å². The van der Waals surface area contributed by atoms with Gasteiger partial charge in [0, 0.05) is 20.2 Å². The molecule has 0 aromatic heterocycles. The first-order chi connectivity index (χ1) is 8.83. The number of ether oxygens (including phenoxy) is 2. The minimum atomic E-state index is -1.11. The molecule has 0 unspecified atom stereocenters. The van der Waals surface area contributed by atoms with Crippen LogP contribution < -0.4 is 0 Å². The van der Waals surface area contributed by atoms with Gasteiger partial charge in [0.05, 0.1) is 19.3 Å². The molecule has 0 atom stereocenters. The van der Waals surface area contributed by atoms with Gasteiger partial charge in [-0.1, -0.05) is 19.6 Å². The van der Waals surface area contributed by atoms with Crippen molar-refractivity contribution in [2.75, 3.05) is 13.7 Å². The smallest absolute Gasteiger partial charge is 0.337 e. The van der Waals surface area contributed by atoms with Crippen molar-refractivity contribution >= 4 is 14.0 Å². The van der Waals surface area contributed by atoms with Crippen molar-refractivity contribution in [3.05, 3.63) is 29.3 Å². The number of benzene rings is 1. The molecule has 0 bridgehead atoms. The standard InChI is InChI=1S/C14H22O4Si/c1-17-14(16)11-5-6-13(15)12(9-11)10-18-7-8-19(2,3)4/h5-6,9,15H,7-8,10H2,1-4H3. The predicted octanol–water partition coefficient (Wildman–Crippen LogP) is 3.03. The van der Waals surface area contributed by atoms with Crippen LogP contribution in [0, 0.1) is 0 Å². The van der Waals surface area contributed by atoms with Gasteiger partial charge < -0.3 is 14.6 Å². The van der Waals surface area contributed by atoms with Crippen molar-refractivity contribution in [2.45, 2.75) is 32.3 Å². The van der Waals surface area contributed by atoms with E-state index in [9.17, 15) is 9.90 Å². The van der Waals surface area contributed by atoms with Crippen LogP contribution in [-0.4, -0.2) is 32.9 Å². The zero-order valence-electron chi connectivity index (χ0n) is 12.0.